The summed E-state index contributed by atoms with van der Waals surface area (Å²) in [6.07, 6.45) is 0.849. The molecule has 1 saturated heterocycles. The van der Waals surface area contributed by atoms with Gasteiger partial charge in [-0.3, -0.25) is 9.69 Å². The Bertz CT molecular complexity index is 825. The van der Waals surface area contributed by atoms with Gasteiger partial charge in [0.25, 0.3) is 5.91 Å². The zero-order chi connectivity index (χ0) is 21.3. The van der Waals surface area contributed by atoms with E-state index in [9.17, 15) is 4.79 Å². The number of halogens is 1. The monoisotopic (exact) mass is 432 g/mol. The Morgan fingerprint density at radius 3 is 2.63 bits per heavy atom. The van der Waals surface area contributed by atoms with Crippen molar-refractivity contribution < 1.29 is 19.0 Å². The second-order valence-electron chi connectivity index (χ2n) is 7.19. The first-order valence-corrected chi connectivity index (χ1v) is 10.7. The summed E-state index contributed by atoms with van der Waals surface area (Å²) in [6, 6.07) is 13.1. The highest BCUT2D eigenvalue weighted by Gasteiger charge is 2.22. The Balaban J connectivity index is 1.80. The molecule has 6 nitrogen and oxygen atoms in total. The van der Waals surface area contributed by atoms with E-state index in [1.807, 2.05) is 37.3 Å². The number of carbonyl (C=O) groups excluding carboxylic acids is 1. The number of hydrogen-bond acceptors (Lipinski definition) is 5. The minimum Gasteiger partial charge on any atom is -0.493 e. The van der Waals surface area contributed by atoms with Gasteiger partial charge in [0.2, 0.25) is 0 Å². The first-order valence-electron chi connectivity index (χ1n) is 10.3. The topological polar surface area (TPSA) is 60.0 Å². The highest BCUT2D eigenvalue weighted by Crippen LogP contribution is 2.36. The predicted molar refractivity (Wildman–Crippen MR) is 118 cm³/mol. The Morgan fingerprint density at radius 2 is 1.97 bits per heavy atom. The van der Waals surface area contributed by atoms with Crippen LogP contribution in [0.1, 0.15) is 35.3 Å². The maximum atomic E-state index is 13.1. The molecule has 1 atom stereocenters. The van der Waals surface area contributed by atoms with Gasteiger partial charge in [0.15, 0.2) is 11.5 Å². The van der Waals surface area contributed by atoms with Crippen LogP contribution in [0.15, 0.2) is 42.5 Å². The molecule has 1 N–H and O–H groups in total. The van der Waals surface area contributed by atoms with Gasteiger partial charge in [0.1, 0.15) is 0 Å². The zero-order valence-electron chi connectivity index (χ0n) is 17.5. The molecule has 162 valence electrons. The normalized spacial score (nSPS) is 15.4. The summed E-state index contributed by atoms with van der Waals surface area (Å²) < 4.78 is 16.5. The molecule has 0 radical (unpaired) electrons. The van der Waals surface area contributed by atoms with E-state index in [1.165, 1.54) is 7.11 Å². The fraction of sp³-hybridized carbons (Fsp3) is 0.435. The van der Waals surface area contributed by atoms with Crippen LogP contribution in [-0.4, -0.2) is 57.4 Å². The van der Waals surface area contributed by atoms with E-state index in [0.29, 0.717) is 48.5 Å². The van der Waals surface area contributed by atoms with Crippen LogP contribution in [0.4, 0.5) is 0 Å². The first-order chi connectivity index (χ1) is 14.6. The van der Waals surface area contributed by atoms with Crippen molar-refractivity contribution in [2.45, 2.75) is 19.4 Å². The second-order valence-corrected chi connectivity index (χ2v) is 7.59. The first kappa shape index (κ1) is 22.4. The number of nitrogens with zero attached hydrogens (tertiary/aromatic N) is 1. The lowest BCUT2D eigenvalue weighted by Crippen LogP contribution is -2.43. The van der Waals surface area contributed by atoms with Gasteiger partial charge in [-0.25, -0.2) is 0 Å². The van der Waals surface area contributed by atoms with Gasteiger partial charge < -0.3 is 19.5 Å². The van der Waals surface area contributed by atoms with Gasteiger partial charge in [-0.1, -0.05) is 48.9 Å². The lowest BCUT2D eigenvalue weighted by Gasteiger charge is -2.31. The Morgan fingerprint density at radius 1 is 1.23 bits per heavy atom. The molecule has 2 aromatic rings. The average Bonchev–Trinajstić information content (AvgIpc) is 2.78. The van der Waals surface area contributed by atoms with Crippen molar-refractivity contribution in [1.29, 1.82) is 0 Å². The van der Waals surface area contributed by atoms with Gasteiger partial charge in [0.05, 0.1) is 38.0 Å². The Kier molecular flexibility index (Phi) is 8.37. The van der Waals surface area contributed by atoms with Crippen LogP contribution in [0.3, 0.4) is 0 Å². The molecule has 30 heavy (non-hydrogen) atoms. The lowest BCUT2D eigenvalue weighted by molar-refractivity contribution is 0.0332. The van der Waals surface area contributed by atoms with E-state index < -0.39 is 0 Å². The molecule has 0 saturated carbocycles. The molecule has 1 amide bonds. The van der Waals surface area contributed by atoms with Gasteiger partial charge in [-0.2, -0.15) is 0 Å². The van der Waals surface area contributed by atoms with Crippen LogP contribution in [0.2, 0.25) is 5.02 Å². The minimum absolute atomic E-state index is 0.155. The summed E-state index contributed by atoms with van der Waals surface area (Å²) in [5.74, 6) is 0.704. The zero-order valence-corrected chi connectivity index (χ0v) is 18.3. The fourth-order valence-corrected chi connectivity index (χ4v) is 3.66. The van der Waals surface area contributed by atoms with Crippen molar-refractivity contribution in [3.8, 4) is 11.5 Å². The summed E-state index contributed by atoms with van der Waals surface area (Å²) >= 11 is 6.40. The summed E-state index contributed by atoms with van der Waals surface area (Å²) in [6.45, 7) is 6.37. The third-order valence-corrected chi connectivity index (χ3v) is 5.27. The molecule has 1 aliphatic heterocycles. The van der Waals surface area contributed by atoms with E-state index in [-0.39, 0.29) is 11.9 Å². The van der Waals surface area contributed by atoms with Crippen LogP contribution in [-0.2, 0) is 4.74 Å². The van der Waals surface area contributed by atoms with Gasteiger partial charge in [-0.15, -0.1) is 0 Å². The molecule has 0 aliphatic carbocycles. The molecule has 1 unspecified atom stereocenters. The van der Waals surface area contributed by atoms with E-state index in [2.05, 4.69) is 10.2 Å². The highest BCUT2D eigenvalue weighted by atomic mass is 35.5. The SMILES string of the molecule is CCCOc1c(Cl)cc(C(=O)NC(CN2CCOCC2)c2ccccc2)cc1OC. The summed E-state index contributed by atoms with van der Waals surface area (Å²) in [7, 11) is 1.54. The van der Waals surface area contributed by atoms with E-state index in [0.717, 1.165) is 25.1 Å². The maximum Gasteiger partial charge on any atom is 0.252 e. The Labute approximate surface area is 183 Å². The van der Waals surface area contributed by atoms with Crippen LogP contribution in [0.5, 0.6) is 11.5 Å². The van der Waals surface area contributed by atoms with Crippen molar-refractivity contribution in [2.75, 3.05) is 46.6 Å². The number of morpholine rings is 1. The number of nitrogens with one attached hydrogen (secondary N) is 1. The number of ether oxygens (including phenoxy) is 3. The molecule has 0 aromatic heterocycles. The van der Waals surface area contributed by atoms with Crippen LogP contribution < -0.4 is 14.8 Å². The smallest absolute Gasteiger partial charge is 0.252 e. The van der Waals surface area contributed by atoms with Crippen LogP contribution in [0, 0.1) is 0 Å². The number of rotatable bonds is 9. The lowest BCUT2D eigenvalue weighted by atomic mass is 10.0. The molecular weight excluding hydrogens is 404 g/mol. The Hall–Kier alpha value is -2.28. The molecule has 0 spiro atoms. The molecule has 1 heterocycles. The molecule has 1 fully saturated rings. The van der Waals surface area contributed by atoms with E-state index >= 15 is 0 Å². The van der Waals surface area contributed by atoms with Crippen molar-refractivity contribution in [3.05, 3.63) is 58.6 Å². The highest BCUT2D eigenvalue weighted by molar-refractivity contribution is 6.32. The summed E-state index contributed by atoms with van der Waals surface area (Å²) in [5.41, 5.74) is 1.49. The molecule has 0 bridgehead atoms. The third-order valence-electron chi connectivity index (χ3n) is 4.99. The van der Waals surface area contributed by atoms with E-state index in [1.54, 1.807) is 12.1 Å². The van der Waals surface area contributed by atoms with Gasteiger partial charge in [-0.05, 0) is 24.1 Å². The van der Waals surface area contributed by atoms with Gasteiger partial charge >= 0.3 is 0 Å². The van der Waals surface area contributed by atoms with Crippen molar-refractivity contribution in [1.82, 2.24) is 10.2 Å². The predicted octanol–water partition coefficient (Wildman–Crippen LogP) is 3.94. The molecule has 1 aliphatic rings. The molecule has 3 rings (SSSR count). The summed E-state index contributed by atoms with van der Waals surface area (Å²) in [5, 5.41) is 3.52. The fourth-order valence-electron chi connectivity index (χ4n) is 3.40. The van der Waals surface area contributed by atoms with Crippen LogP contribution in [0.25, 0.3) is 0 Å². The largest absolute Gasteiger partial charge is 0.493 e. The summed E-state index contributed by atoms with van der Waals surface area (Å²) in [4.78, 5) is 15.4. The standard InChI is InChI=1S/C23H29ClN2O4/c1-3-11-30-22-19(24)14-18(15-21(22)28-2)23(27)25-20(17-7-5-4-6-8-17)16-26-9-12-29-13-10-26/h4-8,14-15,20H,3,9-13,16H2,1-2H3,(H,25,27). The van der Waals surface area contributed by atoms with Crippen molar-refractivity contribution >= 4 is 17.5 Å². The number of carbonyl (C=O) groups is 1. The number of methoxy groups -OCH3 is 1. The van der Waals surface area contributed by atoms with E-state index in [4.69, 9.17) is 25.8 Å². The van der Waals surface area contributed by atoms with Crippen LogP contribution >= 0.6 is 11.6 Å². The second kappa shape index (κ2) is 11.2. The number of amides is 1. The molecular formula is C23H29ClN2O4. The quantitative estimate of drug-likeness (QED) is 0.650. The number of benzene rings is 2. The third kappa shape index (κ3) is 5.88. The molecule has 2 aromatic carbocycles. The number of hydrogen-bond donors (Lipinski definition) is 1. The van der Waals surface area contributed by atoms with Crippen molar-refractivity contribution in [2.24, 2.45) is 0 Å². The average molecular weight is 433 g/mol. The minimum atomic E-state index is -0.209. The van der Waals surface area contributed by atoms with Gasteiger partial charge in [0, 0.05) is 25.2 Å². The van der Waals surface area contributed by atoms with Crippen molar-refractivity contribution in [3.63, 3.8) is 0 Å². The molecule has 7 heteroatoms. The maximum absolute atomic E-state index is 13.1.